The second-order valence-electron chi connectivity index (χ2n) is 6.32. The maximum Gasteiger partial charge on any atom is 0.194 e. The molecule has 0 saturated carbocycles. The average molecular weight is 350 g/mol. The summed E-state index contributed by atoms with van der Waals surface area (Å²) < 4.78 is 4.28. The number of nitrogens with zero attached hydrogens (tertiary/aromatic N) is 5. The molecule has 6 heteroatoms. The summed E-state index contributed by atoms with van der Waals surface area (Å²) in [6.45, 7) is 2.24. The molecule has 2 aromatic heterocycles. The van der Waals surface area contributed by atoms with E-state index < -0.39 is 0 Å². The van der Waals surface area contributed by atoms with Crippen LogP contribution in [-0.4, -0.2) is 39.1 Å². The van der Waals surface area contributed by atoms with Crippen LogP contribution in [0.25, 0.3) is 0 Å². The third-order valence-corrected chi connectivity index (χ3v) is 4.43. The third-order valence-electron chi connectivity index (χ3n) is 4.43. The molecule has 1 aromatic carbocycles. The highest BCUT2D eigenvalue weighted by atomic mass is 15.3. The van der Waals surface area contributed by atoms with Crippen molar-refractivity contribution in [3.63, 3.8) is 0 Å². The van der Waals surface area contributed by atoms with E-state index in [0.717, 1.165) is 24.9 Å². The van der Waals surface area contributed by atoms with Crippen LogP contribution in [0.1, 0.15) is 17.1 Å². The van der Waals surface area contributed by atoms with E-state index in [9.17, 15) is 0 Å². The minimum Gasteiger partial charge on any atom is -0.353 e. The van der Waals surface area contributed by atoms with E-state index in [1.54, 1.807) is 7.05 Å². The van der Waals surface area contributed by atoms with Crippen LogP contribution in [0.4, 0.5) is 0 Å². The summed E-state index contributed by atoms with van der Waals surface area (Å²) in [5, 5.41) is 3.41. The molecule has 3 aromatic rings. The minimum atomic E-state index is 0.629. The van der Waals surface area contributed by atoms with Crippen molar-refractivity contribution in [2.45, 2.75) is 19.6 Å². The molecular formula is C20H26N6. The van der Waals surface area contributed by atoms with Crippen molar-refractivity contribution in [1.82, 2.24) is 24.3 Å². The van der Waals surface area contributed by atoms with E-state index in [-0.39, 0.29) is 0 Å². The average Bonchev–Trinajstić information content (AvgIpc) is 3.26. The summed E-state index contributed by atoms with van der Waals surface area (Å²) in [6, 6.07) is 14.6. The van der Waals surface area contributed by atoms with Gasteiger partial charge in [-0.15, -0.1) is 0 Å². The first kappa shape index (κ1) is 17.8. The number of aliphatic imine (C=N–C) groups is 1. The maximum absolute atomic E-state index is 4.49. The van der Waals surface area contributed by atoms with Gasteiger partial charge in [-0.3, -0.25) is 4.99 Å². The Labute approximate surface area is 154 Å². The van der Waals surface area contributed by atoms with Gasteiger partial charge in [0.1, 0.15) is 5.82 Å². The van der Waals surface area contributed by atoms with Crippen LogP contribution in [0.5, 0.6) is 0 Å². The summed E-state index contributed by atoms with van der Waals surface area (Å²) in [7, 11) is 5.90. The molecule has 136 valence electrons. The molecule has 0 radical (unpaired) electrons. The van der Waals surface area contributed by atoms with Crippen molar-refractivity contribution in [3.8, 4) is 0 Å². The zero-order chi connectivity index (χ0) is 18.4. The Morgan fingerprint density at radius 3 is 2.65 bits per heavy atom. The van der Waals surface area contributed by atoms with Gasteiger partial charge in [-0.25, -0.2) is 4.98 Å². The van der Waals surface area contributed by atoms with E-state index in [1.807, 2.05) is 25.5 Å². The van der Waals surface area contributed by atoms with Crippen LogP contribution in [0.15, 0.2) is 66.0 Å². The van der Waals surface area contributed by atoms with Gasteiger partial charge in [-0.05, 0) is 17.7 Å². The fourth-order valence-electron chi connectivity index (χ4n) is 2.95. The van der Waals surface area contributed by atoms with Crippen molar-refractivity contribution in [2.24, 2.45) is 12.0 Å². The molecule has 26 heavy (non-hydrogen) atoms. The van der Waals surface area contributed by atoms with Crippen molar-refractivity contribution in [3.05, 3.63) is 78.1 Å². The Hall–Kier alpha value is -3.02. The largest absolute Gasteiger partial charge is 0.353 e. The van der Waals surface area contributed by atoms with E-state index in [1.165, 1.54) is 11.3 Å². The van der Waals surface area contributed by atoms with Gasteiger partial charge in [0.15, 0.2) is 5.96 Å². The lowest BCUT2D eigenvalue weighted by Gasteiger charge is -2.22. The van der Waals surface area contributed by atoms with Crippen LogP contribution in [0.3, 0.4) is 0 Å². The van der Waals surface area contributed by atoms with Gasteiger partial charge in [0.2, 0.25) is 0 Å². The van der Waals surface area contributed by atoms with E-state index in [4.69, 9.17) is 0 Å². The van der Waals surface area contributed by atoms with E-state index >= 15 is 0 Å². The number of guanidine groups is 1. The smallest absolute Gasteiger partial charge is 0.194 e. The molecule has 1 N–H and O–H groups in total. The van der Waals surface area contributed by atoms with Crippen LogP contribution >= 0.6 is 0 Å². The Balaban J connectivity index is 1.61. The molecule has 0 atom stereocenters. The van der Waals surface area contributed by atoms with Gasteiger partial charge in [-0.1, -0.05) is 30.3 Å². The van der Waals surface area contributed by atoms with Crippen LogP contribution in [0, 0.1) is 0 Å². The Morgan fingerprint density at radius 2 is 1.96 bits per heavy atom. The Morgan fingerprint density at radius 1 is 1.15 bits per heavy atom. The number of hydrogen-bond acceptors (Lipinski definition) is 2. The van der Waals surface area contributed by atoms with Gasteiger partial charge in [0, 0.05) is 52.0 Å². The first-order chi connectivity index (χ1) is 12.7. The monoisotopic (exact) mass is 350 g/mol. The lowest BCUT2D eigenvalue weighted by Crippen LogP contribution is -2.38. The highest BCUT2D eigenvalue weighted by Crippen LogP contribution is 2.07. The molecule has 0 bridgehead atoms. The maximum atomic E-state index is 4.49. The highest BCUT2D eigenvalue weighted by Gasteiger charge is 2.10. The first-order valence-electron chi connectivity index (χ1n) is 8.73. The molecule has 0 saturated heterocycles. The minimum absolute atomic E-state index is 0.629. The normalized spacial score (nSPS) is 11.6. The zero-order valence-corrected chi connectivity index (χ0v) is 15.6. The van der Waals surface area contributed by atoms with Crippen molar-refractivity contribution >= 4 is 5.96 Å². The molecule has 0 spiro atoms. The molecule has 6 nitrogen and oxygen atoms in total. The lowest BCUT2D eigenvalue weighted by atomic mass is 10.2. The fraction of sp³-hybridized carbons (Fsp3) is 0.300. The summed E-state index contributed by atoms with van der Waals surface area (Å²) >= 11 is 0. The molecule has 3 rings (SSSR count). The SMILES string of the molecule is CN=C(NCc1nccn1Cc1ccccc1)N(C)Cc1cccn1C. The number of aryl methyl sites for hydroxylation is 1. The first-order valence-corrected chi connectivity index (χ1v) is 8.73. The highest BCUT2D eigenvalue weighted by molar-refractivity contribution is 5.79. The van der Waals surface area contributed by atoms with Crippen LogP contribution in [0.2, 0.25) is 0 Å². The van der Waals surface area contributed by atoms with Crippen LogP contribution in [-0.2, 0) is 26.7 Å². The molecule has 0 aliphatic carbocycles. The molecule has 0 aliphatic heterocycles. The second kappa shape index (κ2) is 8.38. The van der Waals surface area contributed by atoms with Crippen molar-refractivity contribution < 1.29 is 0 Å². The number of aromatic nitrogens is 3. The zero-order valence-electron chi connectivity index (χ0n) is 15.6. The number of benzene rings is 1. The summed E-state index contributed by atoms with van der Waals surface area (Å²) in [5.74, 6) is 1.84. The number of rotatable bonds is 6. The Bertz CT molecular complexity index is 846. The summed E-state index contributed by atoms with van der Waals surface area (Å²) in [6.07, 6.45) is 5.91. The topological polar surface area (TPSA) is 50.4 Å². The van der Waals surface area contributed by atoms with Crippen LogP contribution < -0.4 is 5.32 Å². The summed E-state index contributed by atoms with van der Waals surface area (Å²) in [5.41, 5.74) is 2.50. The van der Waals surface area contributed by atoms with Crippen molar-refractivity contribution in [2.75, 3.05) is 14.1 Å². The molecular weight excluding hydrogens is 324 g/mol. The van der Waals surface area contributed by atoms with E-state index in [2.05, 4.69) is 79.0 Å². The standard InChI is InChI=1S/C20H26N6/c1-21-20(25(3)16-18-10-7-12-24(18)2)23-14-19-22-11-13-26(19)15-17-8-5-4-6-9-17/h4-13H,14-16H2,1-3H3,(H,21,23). The second-order valence-corrected chi connectivity index (χ2v) is 6.32. The Kier molecular flexibility index (Phi) is 5.73. The number of hydrogen-bond donors (Lipinski definition) is 1. The summed E-state index contributed by atoms with van der Waals surface area (Å²) in [4.78, 5) is 11.0. The molecule has 2 heterocycles. The van der Waals surface area contributed by atoms with Gasteiger partial charge in [-0.2, -0.15) is 0 Å². The third kappa shape index (κ3) is 4.33. The van der Waals surface area contributed by atoms with Gasteiger partial charge in [0.05, 0.1) is 13.1 Å². The molecule has 0 amide bonds. The number of imidazole rings is 1. The molecule has 0 fully saturated rings. The molecule has 0 unspecified atom stereocenters. The lowest BCUT2D eigenvalue weighted by molar-refractivity contribution is 0.459. The number of nitrogens with one attached hydrogen (secondary N) is 1. The quantitative estimate of drug-likeness (QED) is 0.549. The van der Waals surface area contributed by atoms with Gasteiger partial charge < -0.3 is 19.4 Å². The fourth-order valence-corrected chi connectivity index (χ4v) is 2.95. The predicted molar refractivity (Wildman–Crippen MR) is 105 cm³/mol. The van der Waals surface area contributed by atoms with E-state index in [0.29, 0.717) is 6.54 Å². The molecule has 0 aliphatic rings. The van der Waals surface area contributed by atoms with Crippen molar-refractivity contribution in [1.29, 1.82) is 0 Å². The predicted octanol–water partition coefficient (Wildman–Crippen LogP) is 2.48. The van der Waals surface area contributed by atoms with Gasteiger partial charge >= 0.3 is 0 Å². The van der Waals surface area contributed by atoms with Gasteiger partial charge in [0.25, 0.3) is 0 Å².